The van der Waals surface area contributed by atoms with Gasteiger partial charge in [0.2, 0.25) is 0 Å². The molecule has 1 N–H and O–H groups in total. The Labute approximate surface area is 99.1 Å². The Morgan fingerprint density at radius 2 is 2.06 bits per heavy atom. The van der Waals surface area contributed by atoms with Crippen LogP contribution < -0.4 is 0 Å². The molecule has 2 heterocycles. The summed E-state index contributed by atoms with van der Waals surface area (Å²) in [6.45, 7) is 6.88. The van der Waals surface area contributed by atoms with Gasteiger partial charge in [-0.3, -0.25) is 9.78 Å². The van der Waals surface area contributed by atoms with Crippen molar-refractivity contribution in [1.29, 1.82) is 0 Å². The van der Waals surface area contributed by atoms with Crippen LogP contribution in [0.4, 0.5) is 0 Å². The lowest BCUT2D eigenvalue weighted by atomic mass is 10.2. The highest BCUT2D eigenvalue weighted by atomic mass is 32.1. The van der Waals surface area contributed by atoms with E-state index in [9.17, 15) is 0 Å². The van der Waals surface area contributed by atoms with E-state index in [1.165, 1.54) is 0 Å². The third kappa shape index (κ3) is 1.49. The summed E-state index contributed by atoms with van der Waals surface area (Å²) in [5.74, 6) is 0.871. The summed E-state index contributed by atoms with van der Waals surface area (Å²) in [4.78, 5) is 0. The van der Waals surface area contributed by atoms with Crippen LogP contribution in [-0.2, 0) is 13.6 Å². The molecule has 0 aromatic carbocycles. The van der Waals surface area contributed by atoms with Gasteiger partial charge in [0.25, 0.3) is 0 Å². The zero-order valence-electron chi connectivity index (χ0n) is 9.90. The molecule has 0 amide bonds. The van der Waals surface area contributed by atoms with Gasteiger partial charge in [0.1, 0.15) is 0 Å². The van der Waals surface area contributed by atoms with Gasteiger partial charge in [-0.1, -0.05) is 0 Å². The molecular weight excluding hydrogens is 222 g/mol. The Balaban J connectivity index is 2.72. The molecule has 0 fully saturated rings. The zero-order chi connectivity index (χ0) is 11.9. The molecule has 0 unspecified atom stereocenters. The van der Waals surface area contributed by atoms with E-state index >= 15 is 0 Å². The molecule has 5 nitrogen and oxygen atoms in total. The van der Waals surface area contributed by atoms with Gasteiger partial charge in [-0.25, -0.2) is 0 Å². The van der Waals surface area contributed by atoms with Crippen molar-refractivity contribution in [2.45, 2.75) is 27.3 Å². The van der Waals surface area contributed by atoms with Crippen molar-refractivity contribution in [2.24, 2.45) is 7.05 Å². The third-order valence-electron chi connectivity index (χ3n) is 2.81. The highest BCUT2D eigenvalue weighted by Gasteiger charge is 2.16. The summed E-state index contributed by atoms with van der Waals surface area (Å²) < 4.78 is 4.49. The highest BCUT2D eigenvalue weighted by molar-refractivity contribution is 7.71. The fourth-order valence-electron chi connectivity index (χ4n) is 1.90. The second-order valence-corrected chi connectivity index (χ2v) is 4.15. The molecule has 0 aliphatic carbocycles. The number of aromatic amines is 1. The van der Waals surface area contributed by atoms with E-state index in [-0.39, 0.29) is 0 Å². The maximum Gasteiger partial charge on any atom is 0.195 e. The second-order valence-electron chi connectivity index (χ2n) is 3.77. The lowest BCUT2D eigenvalue weighted by Crippen LogP contribution is -1.99. The molecule has 0 saturated carbocycles. The summed E-state index contributed by atoms with van der Waals surface area (Å²) in [6, 6.07) is 0. The average Bonchev–Trinajstić information content (AvgIpc) is 2.70. The van der Waals surface area contributed by atoms with E-state index in [1.807, 2.05) is 30.1 Å². The average molecular weight is 237 g/mol. The number of hydrogen-bond acceptors (Lipinski definition) is 3. The smallest absolute Gasteiger partial charge is 0.195 e. The van der Waals surface area contributed by atoms with Gasteiger partial charge < -0.3 is 4.57 Å². The van der Waals surface area contributed by atoms with Gasteiger partial charge in [-0.2, -0.15) is 10.2 Å². The minimum Gasteiger partial charge on any atom is -0.300 e. The van der Waals surface area contributed by atoms with Gasteiger partial charge in [0, 0.05) is 19.3 Å². The van der Waals surface area contributed by atoms with Crippen LogP contribution in [0.15, 0.2) is 0 Å². The molecular formula is C10H15N5S. The van der Waals surface area contributed by atoms with Gasteiger partial charge in [0.15, 0.2) is 10.6 Å². The maximum atomic E-state index is 5.18. The van der Waals surface area contributed by atoms with Crippen molar-refractivity contribution in [3.8, 4) is 11.4 Å². The molecule has 0 atom stereocenters. The number of nitrogens with one attached hydrogen (secondary N) is 1. The molecule has 16 heavy (non-hydrogen) atoms. The van der Waals surface area contributed by atoms with E-state index in [1.54, 1.807) is 0 Å². The highest BCUT2D eigenvalue weighted by Crippen LogP contribution is 2.24. The first-order valence-corrected chi connectivity index (χ1v) is 5.62. The maximum absolute atomic E-state index is 5.18. The molecule has 0 bridgehead atoms. The van der Waals surface area contributed by atoms with E-state index in [4.69, 9.17) is 12.2 Å². The number of H-pyrrole nitrogens is 1. The molecule has 6 heteroatoms. The van der Waals surface area contributed by atoms with Gasteiger partial charge >= 0.3 is 0 Å². The summed E-state index contributed by atoms with van der Waals surface area (Å²) >= 11 is 5.18. The number of rotatable bonds is 2. The lowest BCUT2D eigenvalue weighted by molar-refractivity contribution is 0.730. The van der Waals surface area contributed by atoms with Crippen molar-refractivity contribution >= 4 is 12.2 Å². The molecule has 0 saturated heterocycles. The lowest BCUT2D eigenvalue weighted by Gasteiger charge is -2.03. The normalized spacial score (nSPS) is 11.0. The van der Waals surface area contributed by atoms with Crippen molar-refractivity contribution in [1.82, 2.24) is 24.5 Å². The standard InChI is InChI=1S/C10H15N5S/c1-5-15-9(11-12-10(15)16)8-6(2)13-14(4)7(8)3/h5H2,1-4H3,(H,12,16). The van der Waals surface area contributed by atoms with Crippen LogP contribution >= 0.6 is 12.2 Å². The van der Waals surface area contributed by atoms with Crippen LogP contribution in [0.2, 0.25) is 0 Å². The van der Waals surface area contributed by atoms with E-state index in [2.05, 4.69) is 22.2 Å². The van der Waals surface area contributed by atoms with Crippen LogP contribution in [0.3, 0.4) is 0 Å². The molecule has 2 aromatic heterocycles. The quantitative estimate of drug-likeness (QED) is 0.813. The van der Waals surface area contributed by atoms with Gasteiger partial charge in [-0.05, 0) is 33.0 Å². The molecule has 2 rings (SSSR count). The molecule has 86 valence electrons. The first-order valence-electron chi connectivity index (χ1n) is 5.22. The van der Waals surface area contributed by atoms with Crippen LogP contribution in [0.25, 0.3) is 11.4 Å². The Morgan fingerprint density at radius 1 is 1.38 bits per heavy atom. The van der Waals surface area contributed by atoms with Crippen molar-refractivity contribution in [2.75, 3.05) is 0 Å². The SMILES string of the molecule is CCn1c(-c2c(C)nn(C)c2C)n[nH]c1=S. The minimum absolute atomic E-state index is 0.653. The Bertz CT molecular complexity index is 575. The molecule has 0 spiro atoms. The fourth-order valence-corrected chi connectivity index (χ4v) is 2.16. The Morgan fingerprint density at radius 3 is 2.56 bits per heavy atom. The number of aryl methyl sites for hydroxylation is 2. The van der Waals surface area contributed by atoms with Crippen molar-refractivity contribution in [3.63, 3.8) is 0 Å². The van der Waals surface area contributed by atoms with E-state index in [0.29, 0.717) is 4.77 Å². The van der Waals surface area contributed by atoms with Crippen molar-refractivity contribution < 1.29 is 0 Å². The first-order chi connectivity index (χ1) is 7.56. The first kappa shape index (κ1) is 11.1. The van der Waals surface area contributed by atoms with Crippen LogP contribution in [0.1, 0.15) is 18.3 Å². The van der Waals surface area contributed by atoms with Crippen LogP contribution in [0.5, 0.6) is 0 Å². The summed E-state index contributed by atoms with van der Waals surface area (Å²) in [5, 5.41) is 11.5. The Hall–Kier alpha value is -1.43. The topological polar surface area (TPSA) is 51.4 Å². The molecule has 0 aliphatic rings. The van der Waals surface area contributed by atoms with Gasteiger partial charge in [-0.15, -0.1) is 0 Å². The predicted molar refractivity (Wildman–Crippen MR) is 64.8 cm³/mol. The van der Waals surface area contributed by atoms with Crippen LogP contribution in [0, 0.1) is 18.6 Å². The minimum atomic E-state index is 0.653. The number of hydrogen-bond donors (Lipinski definition) is 1. The van der Waals surface area contributed by atoms with Crippen molar-refractivity contribution in [3.05, 3.63) is 16.2 Å². The fraction of sp³-hybridized carbons (Fsp3) is 0.500. The van der Waals surface area contributed by atoms with E-state index in [0.717, 1.165) is 29.3 Å². The largest absolute Gasteiger partial charge is 0.300 e. The third-order valence-corrected chi connectivity index (χ3v) is 3.12. The van der Waals surface area contributed by atoms with Crippen LogP contribution in [-0.4, -0.2) is 24.5 Å². The number of aromatic nitrogens is 5. The summed E-state index contributed by atoms with van der Waals surface area (Å²) in [7, 11) is 1.93. The van der Waals surface area contributed by atoms with E-state index < -0.39 is 0 Å². The monoisotopic (exact) mass is 237 g/mol. The second kappa shape index (κ2) is 3.86. The predicted octanol–water partition coefficient (Wildman–Crippen LogP) is 1.98. The summed E-state index contributed by atoms with van der Waals surface area (Å²) in [6.07, 6.45) is 0. The van der Waals surface area contributed by atoms with Gasteiger partial charge in [0.05, 0.1) is 11.3 Å². The zero-order valence-corrected chi connectivity index (χ0v) is 10.7. The molecule has 0 aliphatic heterocycles. The molecule has 2 aromatic rings. The Kier molecular flexibility index (Phi) is 2.67. The molecule has 0 radical (unpaired) electrons. The summed E-state index contributed by atoms with van der Waals surface area (Å²) in [5.41, 5.74) is 3.14. The number of nitrogens with zero attached hydrogens (tertiary/aromatic N) is 4.